The van der Waals surface area contributed by atoms with Crippen molar-refractivity contribution in [3.8, 4) is 11.3 Å². The molecule has 1 saturated carbocycles. The summed E-state index contributed by atoms with van der Waals surface area (Å²) in [7, 11) is 0. The van der Waals surface area contributed by atoms with Crippen LogP contribution in [0, 0.1) is 12.8 Å². The second-order valence-corrected chi connectivity index (χ2v) is 9.25. The van der Waals surface area contributed by atoms with Crippen molar-refractivity contribution in [2.45, 2.75) is 45.6 Å². The van der Waals surface area contributed by atoms with E-state index in [-0.39, 0.29) is 17.9 Å². The zero-order valence-corrected chi connectivity index (χ0v) is 20.0. The molecule has 0 radical (unpaired) electrons. The van der Waals surface area contributed by atoms with Gasteiger partial charge in [-0.05, 0) is 38.5 Å². The topological polar surface area (TPSA) is 104 Å². The number of nitrogens with zero attached hydrogens (tertiary/aromatic N) is 6. The third-order valence-corrected chi connectivity index (χ3v) is 6.52. The summed E-state index contributed by atoms with van der Waals surface area (Å²) in [6.07, 6.45) is 7.29. The molecule has 1 aromatic carbocycles. The molecule has 0 bridgehead atoms. The molecule has 0 atom stereocenters. The fourth-order valence-electron chi connectivity index (χ4n) is 4.52. The van der Waals surface area contributed by atoms with E-state index in [4.69, 9.17) is 4.98 Å². The Morgan fingerprint density at radius 2 is 1.79 bits per heavy atom. The van der Waals surface area contributed by atoms with E-state index in [9.17, 15) is 9.59 Å². The number of anilines is 1. The Kier molecular flexibility index (Phi) is 7.95. The molecule has 34 heavy (non-hydrogen) atoms. The summed E-state index contributed by atoms with van der Waals surface area (Å²) in [5.41, 5.74) is 3.03. The van der Waals surface area contributed by atoms with Gasteiger partial charge in [0.1, 0.15) is 0 Å². The van der Waals surface area contributed by atoms with Gasteiger partial charge in [0.05, 0.1) is 18.4 Å². The van der Waals surface area contributed by atoms with Crippen molar-refractivity contribution in [3.05, 3.63) is 36.0 Å². The van der Waals surface area contributed by atoms with Crippen molar-refractivity contribution in [2.75, 3.05) is 37.6 Å². The number of nitrogens with one attached hydrogen (secondary N) is 1. The number of hydrogen-bond donors (Lipinski definition) is 1. The zero-order valence-electron chi connectivity index (χ0n) is 20.0. The summed E-state index contributed by atoms with van der Waals surface area (Å²) in [5.74, 6) is 0.860. The molecule has 1 saturated heterocycles. The van der Waals surface area contributed by atoms with Crippen LogP contribution in [0.15, 0.2) is 35.5 Å². The van der Waals surface area contributed by atoms with Crippen molar-refractivity contribution in [3.63, 3.8) is 0 Å². The summed E-state index contributed by atoms with van der Waals surface area (Å²) in [4.78, 5) is 36.7. The number of amides is 2. The lowest BCUT2D eigenvalue weighted by molar-refractivity contribution is -0.120. The first-order valence-corrected chi connectivity index (χ1v) is 12.0. The van der Waals surface area contributed by atoms with Crippen LogP contribution >= 0.6 is 0 Å². The van der Waals surface area contributed by atoms with Crippen LogP contribution in [0.1, 0.15) is 38.2 Å². The number of aromatic nitrogens is 3. The van der Waals surface area contributed by atoms with Crippen LogP contribution in [0.2, 0.25) is 0 Å². The minimum Gasteiger partial charge on any atom is -0.354 e. The van der Waals surface area contributed by atoms with Gasteiger partial charge in [-0.15, -0.1) is 5.10 Å². The van der Waals surface area contributed by atoms with E-state index < -0.39 is 0 Å². The number of carbonyl (C=O) groups is 2. The maximum atomic E-state index is 12.4. The van der Waals surface area contributed by atoms with Crippen LogP contribution in [0.3, 0.4) is 0 Å². The number of piperazine rings is 1. The van der Waals surface area contributed by atoms with Crippen LogP contribution in [-0.4, -0.2) is 76.9 Å². The van der Waals surface area contributed by atoms with Gasteiger partial charge in [-0.3, -0.25) is 14.5 Å². The fourth-order valence-corrected chi connectivity index (χ4v) is 4.52. The normalized spacial score (nSPS) is 21.5. The second-order valence-electron chi connectivity index (χ2n) is 9.25. The number of aliphatic imine (C=N–C) groups is 1. The zero-order chi connectivity index (χ0) is 23.9. The quantitative estimate of drug-likeness (QED) is 0.656. The van der Waals surface area contributed by atoms with Gasteiger partial charge in [-0.2, -0.15) is 5.10 Å². The number of benzene rings is 1. The van der Waals surface area contributed by atoms with Crippen molar-refractivity contribution >= 4 is 24.0 Å². The average Bonchev–Trinajstić information content (AvgIpc) is 2.84. The van der Waals surface area contributed by atoms with E-state index in [1.54, 1.807) is 13.1 Å². The Labute approximate surface area is 200 Å². The molecule has 9 heteroatoms. The predicted molar refractivity (Wildman–Crippen MR) is 132 cm³/mol. The summed E-state index contributed by atoms with van der Waals surface area (Å²) >= 11 is 0. The Morgan fingerprint density at radius 1 is 1.09 bits per heavy atom. The van der Waals surface area contributed by atoms with E-state index in [0.29, 0.717) is 18.4 Å². The molecule has 9 nitrogen and oxygen atoms in total. The highest BCUT2D eigenvalue weighted by atomic mass is 16.2. The Morgan fingerprint density at radius 3 is 2.47 bits per heavy atom. The van der Waals surface area contributed by atoms with Crippen molar-refractivity contribution in [1.29, 1.82) is 0 Å². The van der Waals surface area contributed by atoms with Gasteiger partial charge in [-0.25, -0.2) is 9.98 Å². The highest BCUT2D eigenvalue weighted by molar-refractivity contribution is 5.87. The molecule has 2 aliphatic rings. The minimum atomic E-state index is -0.100. The number of carbonyl (C=O) groups excluding carboxylic acids is 2. The first-order valence-electron chi connectivity index (χ1n) is 12.0. The van der Waals surface area contributed by atoms with Crippen LogP contribution in [-0.2, 0) is 9.59 Å². The molecule has 1 aliphatic heterocycles. The molecule has 0 unspecified atom stereocenters. The molecule has 2 heterocycles. The van der Waals surface area contributed by atoms with E-state index in [2.05, 4.69) is 49.4 Å². The molecule has 1 aromatic heterocycles. The number of hydrogen-bond acceptors (Lipinski definition) is 7. The molecule has 2 amide bonds. The highest BCUT2D eigenvalue weighted by Gasteiger charge is 2.23. The minimum absolute atomic E-state index is 0.0224. The van der Waals surface area contributed by atoms with Crippen molar-refractivity contribution in [2.24, 2.45) is 10.9 Å². The van der Waals surface area contributed by atoms with Gasteiger partial charge in [0, 0.05) is 50.9 Å². The molecular formula is C25H33N7O2. The number of rotatable bonds is 6. The molecule has 2 fully saturated rings. The first kappa shape index (κ1) is 23.9. The van der Waals surface area contributed by atoms with Gasteiger partial charge in [0.25, 0.3) is 5.91 Å². The summed E-state index contributed by atoms with van der Waals surface area (Å²) in [6.45, 7) is 6.92. The first-order chi connectivity index (χ1) is 16.5. The lowest BCUT2D eigenvalue weighted by Crippen LogP contribution is -2.48. The van der Waals surface area contributed by atoms with Crippen molar-refractivity contribution < 1.29 is 9.59 Å². The number of aryl methyl sites for hydroxylation is 1. The molecule has 2 aromatic rings. The molecule has 0 spiro atoms. The van der Waals surface area contributed by atoms with Gasteiger partial charge in [0.2, 0.25) is 11.9 Å². The van der Waals surface area contributed by atoms with E-state index in [1.165, 1.54) is 5.56 Å². The second kappa shape index (κ2) is 11.3. The summed E-state index contributed by atoms with van der Waals surface area (Å²) in [6, 6.07) is 8.47. The molecule has 4 rings (SSSR count). The SMILES string of the molecule is CC(=O)NC1CCC(C=NC(=O)CN2CCN(c3nncc(-c4ccc(C)cc4)n3)CC2)CC1. The van der Waals surface area contributed by atoms with Crippen LogP contribution in [0.5, 0.6) is 0 Å². The van der Waals surface area contributed by atoms with Gasteiger partial charge >= 0.3 is 0 Å². The largest absolute Gasteiger partial charge is 0.354 e. The predicted octanol–water partition coefficient (Wildman–Crippen LogP) is 2.26. The fraction of sp³-hybridized carbons (Fsp3) is 0.520. The Balaban J connectivity index is 1.22. The Hall–Kier alpha value is -3.20. The smallest absolute Gasteiger partial charge is 0.259 e. The average molecular weight is 464 g/mol. The van der Waals surface area contributed by atoms with Gasteiger partial charge in [0.15, 0.2) is 0 Å². The van der Waals surface area contributed by atoms with Crippen molar-refractivity contribution in [1.82, 2.24) is 25.4 Å². The molecule has 180 valence electrons. The summed E-state index contributed by atoms with van der Waals surface area (Å²) in [5, 5.41) is 11.4. The third-order valence-electron chi connectivity index (χ3n) is 6.52. The Bertz CT molecular complexity index is 1010. The lowest BCUT2D eigenvalue weighted by atomic mass is 9.87. The molecule has 1 N–H and O–H groups in total. The summed E-state index contributed by atoms with van der Waals surface area (Å²) < 4.78 is 0. The van der Waals surface area contributed by atoms with Crippen LogP contribution < -0.4 is 10.2 Å². The third kappa shape index (κ3) is 6.66. The molecular weight excluding hydrogens is 430 g/mol. The van der Waals surface area contributed by atoms with Gasteiger partial charge < -0.3 is 10.2 Å². The maximum Gasteiger partial charge on any atom is 0.259 e. The van der Waals surface area contributed by atoms with Gasteiger partial charge in [-0.1, -0.05) is 29.8 Å². The monoisotopic (exact) mass is 463 g/mol. The van der Waals surface area contributed by atoms with Crippen LogP contribution in [0.4, 0.5) is 5.95 Å². The standard InChI is InChI=1S/C25H33N7O2/c1-18-3-7-21(8-4-18)23-16-27-30-25(29-23)32-13-11-31(12-14-32)17-24(34)26-15-20-5-9-22(10-6-20)28-19(2)33/h3-4,7-8,15-16,20,22H,5-6,9-14,17H2,1-2H3,(H,28,33). The lowest BCUT2D eigenvalue weighted by Gasteiger charge is -2.33. The van der Waals surface area contributed by atoms with E-state index in [0.717, 1.165) is 63.1 Å². The highest BCUT2D eigenvalue weighted by Crippen LogP contribution is 2.23. The maximum absolute atomic E-state index is 12.4. The molecule has 1 aliphatic carbocycles. The van der Waals surface area contributed by atoms with E-state index >= 15 is 0 Å². The van der Waals surface area contributed by atoms with Crippen LogP contribution in [0.25, 0.3) is 11.3 Å². The van der Waals surface area contributed by atoms with E-state index in [1.807, 2.05) is 18.3 Å².